The molecular weight excluding hydrogens is 329 g/mol. The second-order valence-corrected chi connectivity index (χ2v) is 5.05. The van der Waals surface area contributed by atoms with Gasteiger partial charge in [-0.2, -0.15) is 5.10 Å². The van der Waals surface area contributed by atoms with E-state index >= 15 is 0 Å². The molecule has 0 aliphatic rings. The summed E-state index contributed by atoms with van der Waals surface area (Å²) >= 11 is 6.06. The van der Waals surface area contributed by atoms with Crippen LogP contribution in [0.15, 0.2) is 42.5 Å². The maximum atomic E-state index is 13.9. The van der Waals surface area contributed by atoms with E-state index in [2.05, 4.69) is 5.10 Å². The standard InChI is InChI=1S/C16H8ClF3N2O/c17-16-12(8-23)15(9-2-1-3-10(18)6-9)21-22(16)14-7-11(19)4-5-13(14)20/h1-8H. The molecule has 2 aromatic carbocycles. The number of hydrogen-bond donors (Lipinski definition) is 0. The maximum absolute atomic E-state index is 13.9. The quantitative estimate of drug-likeness (QED) is 0.663. The molecule has 0 N–H and O–H groups in total. The normalized spacial score (nSPS) is 10.8. The molecule has 3 rings (SSSR count). The van der Waals surface area contributed by atoms with Crippen molar-refractivity contribution in [3.63, 3.8) is 0 Å². The van der Waals surface area contributed by atoms with Gasteiger partial charge in [-0.3, -0.25) is 4.79 Å². The van der Waals surface area contributed by atoms with Crippen molar-refractivity contribution in [1.82, 2.24) is 9.78 Å². The Bertz CT molecular complexity index is 908. The molecule has 1 heterocycles. The van der Waals surface area contributed by atoms with E-state index in [0.717, 1.165) is 28.9 Å². The molecule has 3 aromatic rings. The molecule has 0 atom stereocenters. The zero-order valence-electron chi connectivity index (χ0n) is 11.4. The molecule has 7 heteroatoms. The zero-order valence-corrected chi connectivity index (χ0v) is 12.2. The lowest BCUT2D eigenvalue weighted by molar-refractivity contribution is 0.112. The molecule has 3 nitrogen and oxygen atoms in total. The van der Waals surface area contributed by atoms with Gasteiger partial charge in [-0.05, 0) is 24.3 Å². The minimum Gasteiger partial charge on any atom is -0.298 e. The Hall–Kier alpha value is -2.60. The zero-order chi connectivity index (χ0) is 16.6. The number of aromatic nitrogens is 2. The highest BCUT2D eigenvalue weighted by Gasteiger charge is 2.20. The Morgan fingerprint density at radius 2 is 1.78 bits per heavy atom. The van der Waals surface area contributed by atoms with Crippen LogP contribution >= 0.6 is 11.6 Å². The predicted octanol–water partition coefficient (Wildman–Crippen LogP) is 4.42. The van der Waals surface area contributed by atoms with Crippen LogP contribution in [0.25, 0.3) is 16.9 Å². The predicted molar refractivity (Wildman–Crippen MR) is 79.3 cm³/mol. The third-order valence-corrected chi connectivity index (χ3v) is 3.58. The SMILES string of the molecule is O=Cc1c(-c2cccc(F)c2)nn(-c2cc(F)ccc2F)c1Cl. The summed E-state index contributed by atoms with van der Waals surface area (Å²) < 4.78 is 41.5. The maximum Gasteiger partial charge on any atom is 0.155 e. The van der Waals surface area contributed by atoms with E-state index < -0.39 is 17.5 Å². The Morgan fingerprint density at radius 3 is 2.48 bits per heavy atom. The van der Waals surface area contributed by atoms with Crippen LogP contribution in [0.5, 0.6) is 0 Å². The van der Waals surface area contributed by atoms with Gasteiger partial charge >= 0.3 is 0 Å². The lowest BCUT2D eigenvalue weighted by atomic mass is 10.1. The van der Waals surface area contributed by atoms with Crippen LogP contribution in [0.1, 0.15) is 10.4 Å². The lowest BCUT2D eigenvalue weighted by Crippen LogP contribution is -2.01. The van der Waals surface area contributed by atoms with Gasteiger partial charge in [0, 0.05) is 11.6 Å². The van der Waals surface area contributed by atoms with Crippen LogP contribution in [0, 0.1) is 17.5 Å². The number of benzene rings is 2. The fourth-order valence-electron chi connectivity index (χ4n) is 2.17. The first kappa shape index (κ1) is 15.3. The van der Waals surface area contributed by atoms with Crippen LogP contribution in [0.3, 0.4) is 0 Å². The van der Waals surface area contributed by atoms with Crippen molar-refractivity contribution in [2.24, 2.45) is 0 Å². The van der Waals surface area contributed by atoms with Crippen molar-refractivity contribution in [2.45, 2.75) is 0 Å². The Balaban J connectivity index is 2.25. The first-order valence-corrected chi connectivity index (χ1v) is 6.84. The number of nitrogens with zero attached hydrogens (tertiary/aromatic N) is 2. The van der Waals surface area contributed by atoms with Crippen molar-refractivity contribution in [1.29, 1.82) is 0 Å². The summed E-state index contributed by atoms with van der Waals surface area (Å²) in [7, 11) is 0. The molecule has 0 saturated carbocycles. The monoisotopic (exact) mass is 336 g/mol. The third-order valence-electron chi connectivity index (χ3n) is 3.22. The molecule has 116 valence electrons. The molecule has 0 radical (unpaired) electrons. The molecule has 0 amide bonds. The second-order valence-electron chi connectivity index (χ2n) is 4.69. The molecule has 0 bridgehead atoms. The van der Waals surface area contributed by atoms with Gasteiger partial charge < -0.3 is 0 Å². The number of rotatable bonds is 3. The van der Waals surface area contributed by atoms with Gasteiger partial charge in [-0.1, -0.05) is 23.7 Å². The number of aldehydes is 1. The molecule has 0 fully saturated rings. The largest absolute Gasteiger partial charge is 0.298 e. The van der Waals surface area contributed by atoms with Crippen molar-refractivity contribution in [3.8, 4) is 16.9 Å². The van der Waals surface area contributed by atoms with E-state index in [9.17, 15) is 18.0 Å². The molecule has 0 spiro atoms. The van der Waals surface area contributed by atoms with Gasteiger partial charge in [0.2, 0.25) is 0 Å². The minimum atomic E-state index is -0.765. The van der Waals surface area contributed by atoms with Crippen molar-refractivity contribution in [2.75, 3.05) is 0 Å². The first-order chi connectivity index (χ1) is 11.0. The minimum absolute atomic E-state index is 0.0408. The van der Waals surface area contributed by atoms with Gasteiger partial charge in [0.1, 0.15) is 34.0 Å². The average Bonchev–Trinajstić information content (AvgIpc) is 2.86. The summed E-state index contributed by atoms with van der Waals surface area (Å²) in [6.07, 6.45) is 0.434. The molecule has 1 aromatic heterocycles. The average molecular weight is 337 g/mol. The number of hydrogen-bond acceptors (Lipinski definition) is 2. The van der Waals surface area contributed by atoms with Crippen LogP contribution < -0.4 is 0 Å². The summed E-state index contributed by atoms with van der Waals surface area (Å²) in [4.78, 5) is 11.3. The molecule has 0 aliphatic heterocycles. The number of carbonyl (C=O) groups is 1. The molecule has 23 heavy (non-hydrogen) atoms. The van der Waals surface area contributed by atoms with Crippen LogP contribution in [-0.4, -0.2) is 16.1 Å². The lowest BCUT2D eigenvalue weighted by Gasteiger charge is -2.04. The van der Waals surface area contributed by atoms with E-state index in [0.29, 0.717) is 11.8 Å². The van der Waals surface area contributed by atoms with Crippen molar-refractivity contribution < 1.29 is 18.0 Å². The number of carbonyl (C=O) groups excluding carboxylic acids is 1. The first-order valence-electron chi connectivity index (χ1n) is 6.46. The Labute approximate surface area is 133 Å². The highest BCUT2D eigenvalue weighted by atomic mass is 35.5. The molecule has 0 aliphatic carbocycles. The van der Waals surface area contributed by atoms with Crippen LogP contribution in [0.2, 0.25) is 5.15 Å². The summed E-state index contributed by atoms with van der Waals surface area (Å²) in [5, 5.41) is 3.85. The number of halogens is 4. The van der Waals surface area contributed by atoms with Gasteiger partial charge in [0.15, 0.2) is 6.29 Å². The van der Waals surface area contributed by atoms with E-state index in [1.165, 1.54) is 18.2 Å². The van der Waals surface area contributed by atoms with Crippen molar-refractivity contribution >= 4 is 17.9 Å². The fourth-order valence-corrected chi connectivity index (χ4v) is 2.43. The summed E-state index contributed by atoms with van der Waals surface area (Å²) in [6, 6.07) is 8.14. The van der Waals surface area contributed by atoms with Gasteiger partial charge in [0.05, 0.1) is 5.56 Å². The highest BCUT2D eigenvalue weighted by Crippen LogP contribution is 2.30. The van der Waals surface area contributed by atoms with E-state index in [4.69, 9.17) is 11.6 Å². The second kappa shape index (κ2) is 5.89. The van der Waals surface area contributed by atoms with Crippen LogP contribution in [-0.2, 0) is 0 Å². The van der Waals surface area contributed by atoms with Crippen molar-refractivity contribution in [3.05, 3.63) is 70.6 Å². The smallest absolute Gasteiger partial charge is 0.155 e. The third kappa shape index (κ3) is 2.73. The van der Waals surface area contributed by atoms with Gasteiger partial charge in [0.25, 0.3) is 0 Å². The van der Waals surface area contributed by atoms with E-state index in [1.54, 1.807) is 0 Å². The summed E-state index contributed by atoms with van der Waals surface area (Å²) in [5.41, 5.74) is 0.0828. The van der Waals surface area contributed by atoms with Gasteiger partial charge in [-0.15, -0.1) is 0 Å². The Morgan fingerprint density at radius 1 is 1.04 bits per heavy atom. The molecule has 0 unspecified atom stereocenters. The Kier molecular flexibility index (Phi) is 3.92. The van der Waals surface area contributed by atoms with E-state index in [-0.39, 0.29) is 22.1 Å². The topological polar surface area (TPSA) is 34.9 Å². The van der Waals surface area contributed by atoms with E-state index in [1.807, 2.05) is 0 Å². The summed E-state index contributed by atoms with van der Waals surface area (Å²) in [6.45, 7) is 0. The van der Waals surface area contributed by atoms with Crippen LogP contribution in [0.4, 0.5) is 13.2 Å². The van der Waals surface area contributed by atoms with Gasteiger partial charge in [-0.25, -0.2) is 17.9 Å². The molecule has 0 saturated heterocycles. The highest BCUT2D eigenvalue weighted by molar-refractivity contribution is 6.32. The fraction of sp³-hybridized carbons (Fsp3) is 0. The molecular formula is C16H8ClF3N2O. The summed E-state index contributed by atoms with van der Waals surface area (Å²) in [5.74, 6) is -1.98.